The van der Waals surface area contributed by atoms with Gasteiger partial charge in [-0.15, -0.1) is 0 Å². The first-order chi connectivity index (χ1) is 14.0. The summed E-state index contributed by atoms with van der Waals surface area (Å²) in [6.07, 6.45) is 7.71. The normalized spacial score (nSPS) is 15.3. The van der Waals surface area contributed by atoms with E-state index in [-0.39, 0.29) is 0 Å². The molecule has 1 N–H and O–H groups in total. The van der Waals surface area contributed by atoms with Gasteiger partial charge in [0.1, 0.15) is 0 Å². The monoisotopic (exact) mass is 436 g/mol. The highest BCUT2D eigenvalue weighted by Gasteiger charge is 2.21. The molecule has 158 valence electrons. The van der Waals surface area contributed by atoms with Crippen molar-refractivity contribution in [3.63, 3.8) is 0 Å². The summed E-state index contributed by atoms with van der Waals surface area (Å²) in [7, 11) is 0. The topological polar surface area (TPSA) is 64.4 Å². The molecule has 1 heterocycles. The van der Waals surface area contributed by atoms with Gasteiger partial charge in [0.15, 0.2) is 17.3 Å². The highest BCUT2D eigenvalue weighted by molar-refractivity contribution is 7.71. The van der Waals surface area contributed by atoms with Gasteiger partial charge in [-0.1, -0.05) is 44.7 Å². The van der Waals surface area contributed by atoms with Crippen molar-refractivity contribution >= 4 is 30.0 Å². The lowest BCUT2D eigenvalue weighted by molar-refractivity contribution is 0.248. The van der Waals surface area contributed by atoms with Crippen molar-refractivity contribution in [3.8, 4) is 11.5 Å². The molecule has 0 radical (unpaired) electrons. The third-order valence-corrected chi connectivity index (χ3v) is 5.41. The van der Waals surface area contributed by atoms with E-state index in [2.05, 4.69) is 29.1 Å². The van der Waals surface area contributed by atoms with Crippen molar-refractivity contribution in [1.82, 2.24) is 14.9 Å². The number of rotatable bonds is 8. The second-order valence-corrected chi connectivity index (χ2v) is 8.54. The molecule has 1 fully saturated rings. The van der Waals surface area contributed by atoms with Crippen molar-refractivity contribution < 1.29 is 9.47 Å². The van der Waals surface area contributed by atoms with Gasteiger partial charge in [0.25, 0.3) is 0 Å². The average molecular weight is 437 g/mol. The summed E-state index contributed by atoms with van der Waals surface area (Å²) in [6.45, 7) is 7.21. The molecule has 0 atom stereocenters. The third kappa shape index (κ3) is 5.60. The Morgan fingerprint density at radius 3 is 2.76 bits per heavy atom. The van der Waals surface area contributed by atoms with E-state index < -0.39 is 0 Å². The van der Waals surface area contributed by atoms with E-state index in [0.29, 0.717) is 46.3 Å². The smallest absolute Gasteiger partial charge is 0.216 e. The van der Waals surface area contributed by atoms with Gasteiger partial charge in [-0.2, -0.15) is 14.9 Å². The Hall–Kier alpha value is -1.86. The molecule has 0 saturated heterocycles. The zero-order valence-electron chi connectivity index (χ0n) is 17.3. The van der Waals surface area contributed by atoms with Crippen LogP contribution in [0.2, 0.25) is 5.02 Å². The minimum absolute atomic E-state index is 0.392. The van der Waals surface area contributed by atoms with Crippen LogP contribution in [0.4, 0.5) is 0 Å². The fourth-order valence-corrected chi connectivity index (χ4v) is 3.94. The Balaban J connectivity index is 1.87. The predicted molar refractivity (Wildman–Crippen MR) is 119 cm³/mol. The molecule has 1 aliphatic rings. The number of nitrogens with zero attached hydrogens (tertiary/aromatic N) is 3. The molecule has 0 bridgehead atoms. The van der Waals surface area contributed by atoms with Gasteiger partial charge in [0, 0.05) is 5.92 Å². The van der Waals surface area contributed by atoms with Gasteiger partial charge < -0.3 is 9.47 Å². The Morgan fingerprint density at radius 2 is 2.07 bits per heavy atom. The van der Waals surface area contributed by atoms with Crippen LogP contribution < -0.4 is 9.47 Å². The lowest BCUT2D eigenvalue weighted by Crippen LogP contribution is -2.10. The zero-order valence-corrected chi connectivity index (χ0v) is 18.9. The Bertz CT molecular complexity index is 901. The Morgan fingerprint density at radius 1 is 1.31 bits per heavy atom. The van der Waals surface area contributed by atoms with Gasteiger partial charge in [0.2, 0.25) is 4.77 Å². The highest BCUT2D eigenvalue weighted by Crippen LogP contribution is 2.37. The molecule has 1 saturated carbocycles. The van der Waals surface area contributed by atoms with Crippen LogP contribution in [-0.4, -0.2) is 34.3 Å². The summed E-state index contributed by atoms with van der Waals surface area (Å²) in [5.74, 6) is 2.87. The average Bonchev–Trinajstić information content (AvgIpc) is 3.07. The van der Waals surface area contributed by atoms with Crippen LogP contribution in [0.3, 0.4) is 0 Å². The summed E-state index contributed by atoms with van der Waals surface area (Å²) < 4.78 is 13.8. The van der Waals surface area contributed by atoms with Crippen LogP contribution in [0.1, 0.15) is 70.2 Å². The van der Waals surface area contributed by atoms with Crippen LogP contribution >= 0.6 is 23.8 Å². The number of ether oxygens (including phenoxy) is 2. The number of aromatic amines is 1. The molecule has 0 amide bonds. The summed E-state index contributed by atoms with van der Waals surface area (Å²) in [6, 6.07) is 3.71. The number of H-pyrrole nitrogens is 1. The molecule has 1 aliphatic carbocycles. The molecule has 1 aromatic carbocycles. The van der Waals surface area contributed by atoms with Crippen LogP contribution in [0.5, 0.6) is 11.5 Å². The van der Waals surface area contributed by atoms with Crippen molar-refractivity contribution in [2.45, 2.75) is 58.8 Å². The van der Waals surface area contributed by atoms with E-state index >= 15 is 0 Å². The van der Waals surface area contributed by atoms with Crippen molar-refractivity contribution in [1.29, 1.82) is 0 Å². The number of benzene rings is 1. The summed E-state index contributed by atoms with van der Waals surface area (Å²) in [5, 5.41) is 12.4. The molecule has 29 heavy (non-hydrogen) atoms. The van der Waals surface area contributed by atoms with E-state index in [9.17, 15) is 0 Å². The summed E-state index contributed by atoms with van der Waals surface area (Å²) in [5.41, 5.74) is 0.813. The molecule has 0 aliphatic heterocycles. The number of hydrogen-bond acceptors (Lipinski definition) is 5. The van der Waals surface area contributed by atoms with Crippen molar-refractivity contribution in [3.05, 3.63) is 33.3 Å². The lowest BCUT2D eigenvalue weighted by atomic mass is 9.89. The molecule has 3 rings (SSSR count). The van der Waals surface area contributed by atoms with Crippen molar-refractivity contribution in [2.24, 2.45) is 11.0 Å². The van der Waals surface area contributed by atoms with Gasteiger partial charge >= 0.3 is 0 Å². The SMILES string of the molecule is CCOc1cc(/C=N\n2c(C3CCCCC3)n[nH]c2=S)cc(Cl)c1OCC(C)C. The molecule has 6 nitrogen and oxygen atoms in total. The predicted octanol–water partition coefficient (Wildman–Crippen LogP) is 5.96. The largest absolute Gasteiger partial charge is 0.490 e. The van der Waals surface area contributed by atoms with Crippen molar-refractivity contribution in [2.75, 3.05) is 13.2 Å². The van der Waals surface area contributed by atoms with E-state index in [4.69, 9.17) is 33.3 Å². The fourth-order valence-electron chi connectivity index (χ4n) is 3.48. The minimum Gasteiger partial charge on any atom is -0.490 e. The summed E-state index contributed by atoms with van der Waals surface area (Å²) in [4.78, 5) is 0. The molecule has 0 spiro atoms. The highest BCUT2D eigenvalue weighted by atomic mass is 35.5. The van der Waals surface area contributed by atoms with Gasteiger partial charge in [-0.05, 0) is 55.6 Å². The molecular weight excluding hydrogens is 408 g/mol. The third-order valence-electron chi connectivity index (χ3n) is 4.86. The molecule has 8 heteroatoms. The maximum atomic E-state index is 6.49. The first kappa shape index (κ1) is 21.8. The maximum Gasteiger partial charge on any atom is 0.216 e. The van der Waals surface area contributed by atoms with Crippen LogP contribution in [0.15, 0.2) is 17.2 Å². The van der Waals surface area contributed by atoms with E-state index in [0.717, 1.165) is 24.2 Å². The molecule has 2 aromatic rings. The first-order valence-electron chi connectivity index (χ1n) is 10.3. The number of halogens is 1. The van der Waals surface area contributed by atoms with E-state index in [1.54, 1.807) is 10.9 Å². The zero-order chi connectivity index (χ0) is 20.8. The molecular formula is C21H29ClN4O2S. The fraction of sp³-hybridized carbons (Fsp3) is 0.571. The van der Waals surface area contributed by atoms with E-state index in [1.807, 2.05) is 19.1 Å². The van der Waals surface area contributed by atoms with Crippen LogP contribution in [0, 0.1) is 10.7 Å². The van der Waals surface area contributed by atoms with Crippen LogP contribution in [0.25, 0.3) is 0 Å². The standard InChI is InChI=1S/C21H29ClN4O2S/c1-4-27-18-11-15(10-17(22)19(18)28-13-14(2)3)12-23-26-20(24-25-21(26)29)16-8-6-5-7-9-16/h10-12,14,16H,4-9,13H2,1-3H3,(H,25,29)/b23-12-. The van der Waals surface area contributed by atoms with Gasteiger partial charge in [-0.3, -0.25) is 5.10 Å². The van der Waals surface area contributed by atoms with Gasteiger partial charge in [0.05, 0.1) is 24.5 Å². The number of aromatic nitrogens is 3. The molecule has 1 aromatic heterocycles. The first-order valence-corrected chi connectivity index (χ1v) is 11.1. The second kappa shape index (κ2) is 10.3. The Labute approximate surface area is 182 Å². The quantitative estimate of drug-likeness (QED) is 0.409. The van der Waals surface area contributed by atoms with Gasteiger partial charge in [-0.25, -0.2) is 0 Å². The Kier molecular flexibility index (Phi) is 7.72. The summed E-state index contributed by atoms with van der Waals surface area (Å²) >= 11 is 11.9. The number of hydrogen-bond donors (Lipinski definition) is 1. The second-order valence-electron chi connectivity index (χ2n) is 7.75. The molecule has 0 unspecified atom stereocenters. The number of nitrogens with one attached hydrogen (secondary N) is 1. The maximum absolute atomic E-state index is 6.49. The van der Waals surface area contributed by atoms with E-state index in [1.165, 1.54) is 19.3 Å². The lowest BCUT2D eigenvalue weighted by Gasteiger charge is -2.20. The van der Waals surface area contributed by atoms with Crippen LogP contribution in [-0.2, 0) is 0 Å². The minimum atomic E-state index is 0.392.